The van der Waals surface area contributed by atoms with Gasteiger partial charge in [-0.1, -0.05) is 6.07 Å². The molecule has 0 unspecified atom stereocenters. The molecule has 1 aliphatic heterocycles. The first-order chi connectivity index (χ1) is 11.4. The lowest BCUT2D eigenvalue weighted by Crippen LogP contribution is -2.45. The minimum absolute atomic E-state index is 0.0162. The summed E-state index contributed by atoms with van der Waals surface area (Å²) in [7, 11) is 0. The first-order valence-electron chi connectivity index (χ1n) is 8.30. The molecule has 2 rings (SSSR count). The monoisotopic (exact) mass is 341 g/mol. The molecule has 0 bridgehead atoms. The normalized spacial score (nSPS) is 21.2. The highest BCUT2D eigenvalue weighted by Gasteiger charge is 2.37. The largest absolute Gasteiger partial charge is 0.396 e. The van der Waals surface area contributed by atoms with Crippen molar-refractivity contribution in [3.8, 4) is 0 Å². The Labute approximate surface area is 141 Å². The highest BCUT2D eigenvalue weighted by molar-refractivity contribution is 5.74. The maximum atomic E-state index is 13.6. The van der Waals surface area contributed by atoms with Crippen LogP contribution in [0.15, 0.2) is 18.2 Å². The van der Waals surface area contributed by atoms with Gasteiger partial charge in [-0.25, -0.2) is 13.6 Å². The number of benzene rings is 1. The number of rotatable bonds is 6. The fourth-order valence-corrected chi connectivity index (χ4v) is 3.17. The molecule has 0 radical (unpaired) electrons. The summed E-state index contributed by atoms with van der Waals surface area (Å²) >= 11 is 0. The van der Waals surface area contributed by atoms with Crippen LogP contribution < -0.4 is 10.6 Å². The van der Waals surface area contributed by atoms with Crippen molar-refractivity contribution < 1.29 is 18.7 Å². The van der Waals surface area contributed by atoms with Crippen LogP contribution in [0.4, 0.5) is 13.6 Å². The van der Waals surface area contributed by atoms with Gasteiger partial charge in [-0.05, 0) is 44.4 Å². The van der Waals surface area contributed by atoms with Gasteiger partial charge in [0, 0.05) is 25.7 Å². The lowest BCUT2D eigenvalue weighted by Gasteiger charge is -2.32. The Morgan fingerprint density at radius 1 is 1.38 bits per heavy atom. The van der Waals surface area contributed by atoms with Crippen molar-refractivity contribution in [1.82, 2.24) is 15.5 Å². The van der Waals surface area contributed by atoms with Gasteiger partial charge in [-0.15, -0.1) is 0 Å². The fraction of sp³-hybridized carbons (Fsp3) is 0.588. The number of aliphatic hydroxyl groups excluding tert-OH is 1. The quantitative estimate of drug-likeness (QED) is 0.695. The summed E-state index contributed by atoms with van der Waals surface area (Å²) in [5.41, 5.74) is 0.653. The van der Waals surface area contributed by atoms with Gasteiger partial charge in [0.25, 0.3) is 0 Å². The van der Waals surface area contributed by atoms with Gasteiger partial charge in [0.1, 0.15) is 0 Å². The highest BCUT2D eigenvalue weighted by Crippen LogP contribution is 2.34. The summed E-state index contributed by atoms with van der Waals surface area (Å²) in [6.45, 7) is 5.25. The molecule has 24 heavy (non-hydrogen) atoms. The molecule has 134 valence electrons. The molecule has 1 fully saturated rings. The molecule has 1 aliphatic rings. The molecule has 0 aliphatic carbocycles. The number of hydrogen-bond acceptors (Lipinski definition) is 3. The van der Waals surface area contributed by atoms with Gasteiger partial charge in [-0.2, -0.15) is 0 Å². The third kappa shape index (κ3) is 4.42. The van der Waals surface area contributed by atoms with E-state index in [0.717, 1.165) is 19.0 Å². The van der Waals surface area contributed by atoms with Crippen LogP contribution in [0.3, 0.4) is 0 Å². The van der Waals surface area contributed by atoms with E-state index in [4.69, 9.17) is 5.11 Å². The lowest BCUT2D eigenvalue weighted by molar-refractivity contribution is 0.187. The third-order valence-electron chi connectivity index (χ3n) is 4.32. The number of nitrogens with zero attached hydrogens (tertiary/aromatic N) is 1. The van der Waals surface area contributed by atoms with Crippen LogP contribution in [-0.4, -0.2) is 47.8 Å². The van der Waals surface area contributed by atoms with Crippen molar-refractivity contribution in [2.45, 2.75) is 44.8 Å². The van der Waals surface area contributed by atoms with E-state index in [1.807, 2.05) is 13.8 Å². The Hall–Kier alpha value is -1.73. The number of amides is 2. The maximum absolute atomic E-state index is 13.6. The van der Waals surface area contributed by atoms with Gasteiger partial charge in [0.05, 0.1) is 12.1 Å². The van der Waals surface area contributed by atoms with E-state index >= 15 is 0 Å². The van der Waals surface area contributed by atoms with Crippen molar-refractivity contribution >= 4 is 6.03 Å². The highest BCUT2D eigenvalue weighted by atomic mass is 19.2. The summed E-state index contributed by atoms with van der Waals surface area (Å²) in [5.74, 6) is -1.76. The number of aliphatic hydroxyl groups is 1. The van der Waals surface area contributed by atoms with E-state index in [1.165, 1.54) is 6.07 Å². The summed E-state index contributed by atoms with van der Waals surface area (Å²) in [4.78, 5) is 14.2. The Bertz CT molecular complexity index is 569. The van der Waals surface area contributed by atoms with Crippen molar-refractivity contribution in [3.05, 3.63) is 35.4 Å². The van der Waals surface area contributed by atoms with Crippen LogP contribution in [0, 0.1) is 11.6 Å². The number of carbonyl (C=O) groups excluding carboxylic acids is 1. The van der Waals surface area contributed by atoms with Gasteiger partial charge in [0.2, 0.25) is 0 Å². The molecule has 1 aromatic carbocycles. The fourth-order valence-electron chi connectivity index (χ4n) is 3.17. The first kappa shape index (κ1) is 18.6. The smallest absolute Gasteiger partial charge is 0.315 e. The van der Waals surface area contributed by atoms with Crippen LogP contribution in [0.1, 0.15) is 38.3 Å². The zero-order chi connectivity index (χ0) is 17.7. The summed E-state index contributed by atoms with van der Waals surface area (Å²) in [6, 6.07) is 3.41. The average molecular weight is 341 g/mol. The van der Waals surface area contributed by atoms with E-state index in [9.17, 15) is 13.6 Å². The molecular formula is C17H25F2N3O2. The molecule has 2 atom stereocenters. The van der Waals surface area contributed by atoms with Crippen molar-refractivity contribution in [2.24, 2.45) is 0 Å². The Kier molecular flexibility index (Phi) is 6.51. The minimum atomic E-state index is -0.880. The topological polar surface area (TPSA) is 64.6 Å². The number of halogens is 2. The number of urea groups is 1. The number of nitrogens with one attached hydrogen (secondary N) is 2. The number of carbonyl (C=O) groups is 1. The summed E-state index contributed by atoms with van der Waals surface area (Å²) < 4.78 is 26.9. The molecule has 0 spiro atoms. The first-order valence-corrected chi connectivity index (χ1v) is 8.30. The van der Waals surface area contributed by atoms with Crippen molar-refractivity contribution in [3.63, 3.8) is 0 Å². The van der Waals surface area contributed by atoms with Crippen LogP contribution in [0.25, 0.3) is 0 Å². The Balaban J connectivity index is 2.14. The number of likely N-dealkylation sites (tertiary alicyclic amines) is 1. The maximum Gasteiger partial charge on any atom is 0.315 e. The molecule has 0 saturated carbocycles. The van der Waals surface area contributed by atoms with E-state index < -0.39 is 11.6 Å². The summed E-state index contributed by atoms with van der Waals surface area (Å²) in [5, 5.41) is 14.4. The van der Waals surface area contributed by atoms with Crippen LogP contribution in [0.2, 0.25) is 0 Å². The zero-order valence-corrected chi connectivity index (χ0v) is 14.1. The average Bonchev–Trinajstić information content (AvgIpc) is 2.94. The SMILES string of the molecule is CC(C)N1CC[C@H](NC(=O)NCCCO)[C@@H]1c1ccc(F)c(F)c1. The van der Waals surface area contributed by atoms with Gasteiger partial charge in [-0.3, -0.25) is 4.90 Å². The van der Waals surface area contributed by atoms with E-state index in [0.29, 0.717) is 18.5 Å². The van der Waals surface area contributed by atoms with Gasteiger partial charge < -0.3 is 15.7 Å². The molecule has 5 nitrogen and oxygen atoms in total. The molecule has 1 saturated heterocycles. The lowest BCUT2D eigenvalue weighted by atomic mass is 9.99. The minimum Gasteiger partial charge on any atom is -0.396 e. The molecule has 3 N–H and O–H groups in total. The number of hydrogen-bond donors (Lipinski definition) is 3. The van der Waals surface area contributed by atoms with Crippen LogP contribution in [-0.2, 0) is 0 Å². The molecular weight excluding hydrogens is 316 g/mol. The zero-order valence-electron chi connectivity index (χ0n) is 14.1. The molecule has 7 heteroatoms. The molecule has 2 amide bonds. The van der Waals surface area contributed by atoms with Crippen molar-refractivity contribution in [2.75, 3.05) is 19.7 Å². The van der Waals surface area contributed by atoms with Crippen LogP contribution >= 0.6 is 0 Å². The van der Waals surface area contributed by atoms with Crippen molar-refractivity contribution in [1.29, 1.82) is 0 Å². The standard InChI is InChI=1S/C17H25F2N3O2/c1-11(2)22-8-6-15(21-17(24)20-7-3-9-23)16(22)12-4-5-13(18)14(19)10-12/h4-5,10-11,15-16,23H,3,6-9H2,1-2H3,(H2,20,21,24)/t15-,16-/m0/s1. The third-order valence-corrected chi connectivity index (χ3v) is 4.32. The second kappa shape index (κ2) is 8.39. The van der Waals surface area contributed by atoms with E-state index in [2.05, 4.69) is 15.5 Å². The van der Waals surface area contributed by atoms with Crippen LogP contribution in [0.5, 0.6) is 0 Å². The predicted octanol–water partition coefficient (Wildman–Crippen LogP) is 2.17. The van der Waals surface area contributed by atoms with Gasteiger partial charge >= 0.3 is 6.03 Å². The second-order valence-electron chi connectivity index (χ2n) is 6.32. The van der Waals surface area contributed by atoms with E-state index in [1.54, 1.807) is 6.07 Å². The summed E-state index contributed by atoms with van der Waals surface area (Å²) in [6.07, 6.45) is 1.22. The molecule has 0 aromatic heterocycles. The predicted molar refractivity (Wildman–Crippen MR) is 87.6 cm³/mol. The van der Waals surface area contributed by atoms with Gasteiger partial charge in [0.15, 0.2) is 11.6 Å². The second-order valence-corrected chi connectivity index (χ2v) is 6.32. The Morgan fingerprint density at radius 2 is 2.12 bits per heavy atom. The molecule has 1 heterocycles. The molecule has 1 aromatic rings. The Morgan fingerprint density at radius 3 is 2.75 bits per heavy atom. The van der Waals surface area contributed by atoms with E-state index in [-0.39, 0.29) is 30.8 Å².